The highest BCUT2D eigenvalue weighted by atomic mass is 16.5. The third kappa shape index (κ3) is 6.20. The molecule has 6 heteroatoms. The van der Waals surface area contributed by atoms with Gasteiger partial charge >= 0.3 is 5.97 Å². The van der Waals surface area contributed by atoms with Crippen LogP contribution in [0.2, 0.25) is 0 Å². The van der Waals surface area contributed by atoms with Crippen LogP contribution in [0.5, 0.6) is 0 Å². The van der Waals surface area contributed by atoms with Gasteiger partial charge in [0.15, 0.2) is 0 Å². The first kappa shape index (κ1) is 37.4. The van der Waals surface area contributed by atoms with Gasteiger partial charge in [0, 0.05) is 18.4 Å². The van der Waals surface area contributed by atoms with Crippen LogP contribution in [0, 0.1) is 56.7 Å². The minimum atomic E-state index is -0.248. The van der Waals surface area contributed by atoms with Crippen LogP contribution in [0.15, 0.2) is 17.3 Å². The van der Waals surface area contributed by atoms with E-state index in [4.69, 9.17) is 4.74 Å². The maximum Gasteiger partial charge on any atom is 0.305 e. The van der Waals surface area contributed by atoms with Crippen molar-refractivity contribution >= 4 is 17.6 Å². The Hall–Kier alpha value is -1.85. The van der Waals surface area contributed by atoms with Gasteiger partial charge in [-0.15, -0.1) is 0 Å². The van der Waals surface area contributed by atoms with E-state index in [9.17, 15) is 14.8 Å². The lowest BCUT2D eigenvalue weighted by Crippen LogP contribution is -2.67. The van der Waals surface area contributed by atoms with E-state index in [1.165, 1.54) is 64.0 Å². The summed E-state index contributed by atoms with van der Waals surface area (Å²) in [6.07, 6.45) is 20.9. The van der Waals surface area contributed by atoms with E-state index in [1.807, 2.05) is 0 Å². The molecule has 0 bridgehead atoms. The SMILES string of the molecule is C=C(C)[C@@H]1CC[C@]2(C(=O)NCCCCCCCCCCC(=O)OC)CC[C@]3(C)[C@H](CC[C@@H]4[C@@]5(C)CC/C(=N\O)C(C)(C)[C@@H]5CC[C@]43C)[C@@H]12. The van der Waals surface area contributed by atoms with Crippen LogP contribution in [0.25, 0.3) is 0 Å². The van der Waals surface area contributed by atoms with Gasteiger partial charge in [-0.3, -0.25) is 9.59 Å². The first-order valence-corrected chi connectivity index (χ1v) is 19.9. The third-order valence-corrected chi connectivity index (χ3v) is 16.2. The van der Waals surface area contributed by atoms with Gasteiger partial charge in [0.25, 0.3) is 0 Å². The third-order valence-electron chi connectivity index (χ3n) is 16.2. The molecule has 272 valence electrons. The second-order valence-electron chi connectivity index (χ2n) is 18.5. The zero-order valence-corrected chi connectivity index (χ0v) is 31.9. The summed E-state index contributed by atoms with van der Waals surface area (Å²) in [6, 6.07) is 0. The molecule has 6 nitrogen and oxygen atoms in total. The van der Waals surface area contributed by atoms with Gasteiger partial charge in [-0.1, -0.05) is 90.5 Å². The smallest absolute Gasteiger partial charge is 0.305 e. The van der Waals surface area contributed by atoms with Crippen molar-refractivity contribution in [2.24, 2.45) is 61.8 Å². The monoisotopic (exact) mass is 667 g/mol. The number of hydrogen-bond donors (Lipinski definition) is 2. The average molecular weight is 667 g/mol. The largest absolute Gasteiger partial charge is 0.469 e. The lowest BCUT2D eigenvalue weighted by atomic mass is 9.32. The molecule has 5 fully saturated rings. The number of amides is 1. The van der Waals surface area contributed by atoms with E-state index >= 15 is 0 Å². The number of carbonyl (C=O) groups excluding carboxylic acids is 2. The predicted octanol–water partition coefficient (Wildman–Crippen LogP) is 10.3. The van der Waals surface area contributed by atoms with Gasteiger partial charge in [-0.05, 0) is 130 Å². The summed E-state index contributed by atoms with van der Waals surface area (Å²) in [7, 11) is 1.46. The van der Waals surface area contributed by atoms with E-state index < -0.39 is 0 Å². The zero-order chi connectivity index (χ0) is 35.0. The molecule has 0 aromatic rings. The number of allylic oxidation sites excluding steroid dienone is 1. The molecule has 5 saturated carbocycles. The fourth-order valence-corrected chi connectivity index (χ4v) is 13.5. The van der Waals surface area contributed by atoms with E-state index in [2.05, 4.69) is 58.6 Å². The van der Waals surface area contributed by atoms with Crippen molar-refractivity contribution in [1.82, 2.24) is 5.32 Å². The van der Waals surface area contributed by atoms with Crippen molar-refractivity contribution in [1.29, 1.82) is 0 Å². The molecule has 0 radical (unpaired) electrons. The molecular weight excluding hydrogens is 596 g/mol. The standard InChI is InChI=1S/C42H70N2O4/c1-29(2)30-20-25-42(37(46)43-28-16-14-12-10-9-11-13-15-17-35(45)48-8)27-26-40(6)31(36(30)42)18-19-33-39(5)23-22-34(44-47)38(3,4)32(39)21-24-41(33,40)7/h30-33,36,47H,1,9-28H2,2-8H3,(H,43,46)/b44-34+/t30-,31+,32-,33+,36+,39-,40+,41+,42-/m0/s1. The fraction of sp³-hybridized carbons (Fsp3) is 0.881. The van der Waals surface area contributed by atoms with Crippen LogP contribution in [-0.2, 0) is 14.3 Å². The summed E-state index contributed by atoms with van der Waals surface area (Å²) in [6.45, 7) is 20.1. The summed E-state index contributed by atoms with van der Waals surface area (Å²) in [5.41, 5.74) is 2.69. The minimum Gasteiger partial charge on any atom is -0.469 e. The Labute approximate surface area is 293 Å². The zero-order valence-electron chi connectivity index (χ0n) is 31.9. The Morgan fingerprint density at radius 2 is 1.50 bits per heavy atom. The van der Waals surface area contributed by atoms with Crippen LogP contribution in [0.3, 0.4) is 0 Å². The molecule has 1 amide bonds. The quantitative estimate of drug-likeness (QED) is 0.0673. The highest BCUT2D eigenvalue weighted by Crippen LogP contribution is 2.77. The topological polar surface area (TPSA) is 88.0 Å². The lowest BCUT2D eigenvalue weighted by Gasteiger charge is -2.72. The first-order chi connectivity index (χ1) is 22.7. The molecular formula is C42H70N2O4. The predicted molar refractivity (Wildman–Crippen MR) is 195 cm³/mol. The van der Waals surface area contributed by atoms with E-state index in [0.29, 0.717) is 41.9 Å². The van der Waals surface area contributed by atoms with Crippen LogP contribution in [0.4, 0.5) is 0 Å². The van der Waals surface area contributed by atoms with Gasteiger partial charge in [0.1, 0.15) is 0 Å². The van der Waals surface area contributed by atoms with Crippen LogP contribution >= 0.6 is 0 Å². The summed E-state index contributed by atoms with van der Waals surface area (Å²) < 4.78 is 4.73. The molecule has 0 heterocycles. The molecule has 0 aromatic carbocycles. The Morgan fingerprint density at radius 1 is 0.833 bits per heavy atom. The number of nitrogens with one attached hydrogen (secondary N) is 1. The number of carbonyl (C=O) groups is 2. The second kappa shape index (κ2) is 14.4. The second-order valence-corrected chi connectivity index (χ2v) is 18.5. The van der Waals surface area contributed by atoms with Gasteiger partial charge in [-0.2, -0.15) is 0 Å². The maximum atomic E-state index is 14.4. The lowest BCUT2D eigenvalue weighted by molar-refractivity contribution is -0.227. The molecule has 5 aliphatic rings. The van der Waals surface area contributed by atoms with E-state index in [0.717, 1.165) is 76.5 Å². The van der Waals surface area contributed by atoms with Crippen molar-refractivity contribution in [3.63, 3.8) is 0 Å². The highest BCUT2D eigenvalue weighted by Gasteiger charge is 2.71. The molecule has 0 unspecified atom stereocenters. The number of unbranched alkanes of at least 4 members (excludes halogenated alkanes) is 7. The maximum absolute atomic E-state index is 14.4. The normalized spacial score (nSPS) is 40.6. The number of ether oxygens (including phenoxy) is 1. The Morgan fingerprint density at radius 3 is 2.15 bits per heavy atom. The number of nitrogens with zero attached hydrogens (tertiary/aromatic N) is 1. The molecule has 5 rings (SSSR count). The Kier molecular flexibility index (Phi) is 11.2. The van der Waals surface area contributed by atoms with Gasteiger partial charge < -0.3 is 15.3 Å². The number of hydrogen-bond acceptors (Lipinski definition) is 5. The molecule has 0 aliphatic heterocycles. The molecule has 48 heavy (non-hydrogen) atoms. The summed E-state index contributed by atoms with van der Waals surface area (Å²) >= 11 is 0. The summed E-state index contributed by atoms with van der Waals surface area (Å²) in [4.78, 5) is 25.6. The molecule has 0 spiro atoms. The molecule has 9 atom stereocenters. The number of fused-ring (bicyclic) bond motifs is 7. The summed E-state index contributed by atoms with van der Waals surface area (Å²) in [5, 5.41) is 17.2. The van der Waals surface area contributed by atoms with Crippen molar-refractivity contribution in [2.75, 3.05) is 13.7 Å². The number of rotatable bonds is 13. The highest BCUT2D eigenvalue weighted by molar-refractivity contribution is 5.90. The number of methoxy groups -OCH3 is 1. The van der Waals surface area contributed by atoms with Crippen molar-refractivity contribution in [2.45, 2.75) is 164 Å². The average Bonchev–Trinajstić information content (AvgIpc) is 3.45. The van der Waals surface area contributed by atoms with E-state index in [1.54, 1.807) is 0 Å². The van der Waals surface area contributed by atoms with Crippen LogP contribution in [0.1, 0.15) is 164 Å². The van der Waals surface area contributed by atoms with Crippen molar-refractivity contribution < 1.29 is 19.5 Å². The fourth-order valence-electron chi connectivity index (χ4n) is 13.5. The van der Waals surface area contributed by atoms with E-state index in [-0.39, 0.29) is 33.0 Å². The molecule has 0 saturated heterocycles. The number of esters is 1. The Balaban J connectivity index is 1.23. The first-order valence-electron chi connectivity index (χ1n) is 19.9. The van der Waals surface area contributed by atoms with Crippen molar-refractivity contribution in [3.05, 3.63) is 12.2 Å². The number of oxime groups is 1. The molecule has 0 aromatic heterocycles. The molecule has 2 N–H and O–H groups in total. The molecule has 5 aliphatic carbocycles. The van der Waals surface area contributed by atoms with Gasteiger partial charge in [-0.25, -0.2) is 0 Å². The Bertz CT molecular complexity index is 1230. The van der Waals surface area contributed by atoms with Gasteiger partial charge in [0.2, 0.25) is 5.91 Å². The van der Waals surface area contributed by atoms with Crippen molar-refractivity contribution in [3.8, 4) is 0 Å². The summed E-state index contributed by atoms with van der Waals surface area (Å²) in [5.74, 6) is 2.84. The van der Waals surface area contributed by atoms with Gasteiger partial charge in [0.05, 0.1) is 18.2 Å². The van der Waals surface area contributed by atoms with Crippen LogP contribution in [-0.4, -0.2) is 36.4 Å². The minimum absolute atomic E-state index is 0.0656. The van der Waals surface area contributed by atoms with Crippen LogP contribution < -0.4 is 5.32 Å².